The molecule has 0 radical (unpaired) electrons. The molecule has 1 atom stereocenters. The first-order valence-electron chi connectivity index (χ1n) is 16.3. The molecule has 44 heavy (non-hydrogen) atoms. The van der Waals surface area contributed by atoms with Gasteiger partial charge in [0.15, 0.2) is 0 Å². The lowest BCUT2D eigenvalue weighted by molar-refractivity contribution is -0.144. The molecule has 0 spiro atoms. The van der Waals surface area contributed by atoms with Gasteiger partial charge in [0.05, 0.1) is 16.4 Å². The summed E-state index contributed by atoms with van der Waals surface area (Å²) in [6.07, 6.45) is 13.5. The standard InChI is InChI=1S/C39H62O5/c1-26(2)18-15-19-27(3)20-16-21-28(4)22-17-24-39(14,42)25-23-32-31(7)33(43-35(40)37(8,9)10)29(5)30(6)34(32)44-36(41)38(11,12)13/h18,20,22,42H,15-17,19,21,23-25H2,1-14H3/t39-/m1/s1. The maximum atomic E-state index is 13.0. The molecule has 0 bridgehead atoms. The predicted octanol–water partition coefficient (Wildman–Crippen LogP) is 10.4. The molecule has 0 heterocycles. The van der Waals surface area contributed by atoms with Crippen molar-refractivity contribution >= 4 is 11.9 Å². The Kier molecular flexibility index (Phi) is 14.8. The normalized spacial score (nSPS) is 14.2. The van der Waals surface area contributed by atoms with E-state index in [0.29, 0.717) is 30.8 Å². The molecule has 1 N–H and O–H groups in total. The number of hydrogen-bond donors (Lipinski definition) is 1. The zero-order valence-corrected chi connectivity index (χ0v) is 30.5. The third-order valence-electron chi connectivity index (χ3n) is 8.14. The van der Waals surface area contributed by atoms with Gasteiger partial charge in [-0.05, 0) is 165 Å². The van der Waals surface area contributed by atoms with E-state index in [1.54, 1.807) is 0 Å². The minimum Gasteiger partial charge on any atom is -0.426 e. The van der Waals surface area contributed by atoms with Crippen molar-refractivity contribution < 1.29 is 24.2 Å². The van der Waals surface area contributed by atoms with Crippen LogP contribution >= 0.6 is 0 Å². The van der Waals surface area contributed by atoms with Gasteiger partial charge in [-0.25, -0.2) is 0 Å². The van der Waals surface area contributed by atoms with Crippen LogP contribution in [0.15, 0.2) is 34.9 Å². The van der Waals surface area contributed by atoms with E-state index in [4.69, 9.17) is 9.47 Å². The summed E-state index contributed by atoms with van der Waals surface area (Å²) in [6.45, 7) is 27.2. The van der Waals surface area contributed by atoms with Gasteiger partial charge in [0.1, 0.15) is 11.5 Å². The zero-order chi connectivity index (χ0) is 34.0. The highest BCUT2D eigenvalue weighted by atomic mass is 16.5. The van der Waals surface area contributed by atoms with Crippen LogP contribution < -0.4 is 9.47 Å². The van der Waals surface area contributed by atoms with Crippen molar-refractivity contribution in [2.45, 2.75) is 154 Å². The summed E-state index contributed by atoms with van der Waals surface area (Å²) in [6, 6.07) is 0. The van der Waals surface area contributed by atoms with Crippen LogP contribution in [0.1, 0.15) is 143 Å². The Morgan fingerprint density at radius 1 is 0.636 bits per heavy atom. The van der Waals surface area contributed by atoms with Gasteiger partial charge in [0.25, 0.3) is 0 Å². The maximum absolute atomic E-state index is 13.0. The molecule has 5 nitrogen and oxygen atoms in total. The largest absolute Gasteiger partial charge is 0.426 e. The van der Waals surface area contributed by atoms with Gasteiger partial charge >= 0.3 is 11.9 Å². The van der Waals surface area contributed by atoms with Crippen molar-refractivity contribution in [3.63, 3.8) is 0 Å². The van der Waals surface area contributed by atoms with E-state index in [1.807, 2.05) is 69.2 Å². The van der Waals surface area contributed by atoms with Gasteiger partial charge in [0.2, 0.25) is 0 Å². The first kappa shape index (κ1) is 39.4. The Morgan fingerprint density at radius 3 is 1.55 bits per heavy atom. The van der Waals surface area contributed by atoms with Crippen molar-refractivity contribution in [3.8, 4) is 11.5 Å². The van der Waals surface area contributed by atoms with Crippen LogP contribution in [0.2, 0.25) is 0 Å². The molecule has 0 saturated heterocycles. The van der Waals surface area contributed by atoms with Crippen LogP contribution in [0.3, 0.4) is 0 Å². The first-order valence-corrected chi connectivity index (χ1v) is 16.3. The number of ether oxygens (including phenoxy) is 2. The van der Waals surface area contributed by atoms with Crippen molar-refractivity contribution in [1.82, 2.24) is 0 Å². The summed E-state index contributed by atoms with van der Waals surface area (Å²) in [5.41, 5.74) is 4.96. The van der Waals surface area contributed by atoms with E-state index in [9.17, 15) is 14.7 Å². The molecule has 1 aromatic carbocycles. The highest BCUT2D eigenvalue weighted by Gasteiger charge is 2.31. The van der Waals surface area contributed by atoms with E-state index in [2.05, 4.69) is 45.9 Å². The molecule has 0 aromatic heterocycles. The van der Waals surface area contributed by atoms with E-state index >= 15 is 0 Å². The second kappa shape index (κ2) is 16.6. The van der Waals surface area contributed by atoms with Gasteiger partial charge in [-0.1, -0.05) is 34.9 Å². The van der Waals surface area contributed by atoms with Crippen molar-refractivity contribution in [2.24, 2.45) is 10.8 Å². The minimum absolute atomic E-state index is 0.322. The van der Waals surface area contributed by atoms with Crippen molar-refractivity contribution in [1.29, 1.82) is 0 Å². The molecule has 1 aromatic rings. The Labute approximate surface area is 269 Å². The molecule has 0 aliphatic rings. The molecule has 0 aliphatic heterocycles. The molecule has 0 amide bonds. The summed E-state index contributed by atoms with van der Waals surface area (Å²) in [5, 5.41) is 11.4. The van der Waals surface area contributed by atoms with Crippen LogP contribution in [0.25, 0.3) is 0 Å². The van der Waals surface area contributed by atoms with Crippen LogP contribution in [0.5, 0.6) is 11.5 Å². The van der Waals surface area contributed by atoms with Gasteiger partial charge < -0.3 is 14.6 Å². The minimum atomic E-state index is -0.920. The Bertz CT molecular complexity index is 1240. The number of carbonyl (C=O) groups is 2. The molecule has 1 rings (SSSR count). The number of allylic oxidation sites excluding steroid dienone is 6. The van der Waals surface area contributed by atoms with E-state index < -0.39 is 16.4 Å². The lowest BCUT2D eigenvalue weighted by Gasteiger charge is -2.27. The number of benzene rings is 1. The lowest BCUT2D eigenvalue weighted by Crippen LogP contribution is -2.28. The van der Waals surface area contributed by atoms with E-state index in [1.165, 1.54) is 16.7 Å². The van der Waals surface area contributed by atoms with Crippen LogP contribution in [-0.2, 0) is 16.0 Å². The second-order valence-electron chi connectivity index (χ2n) is 15.3. The third kappa shape index (κ3) is 13.1. The highest BCUT2D eigenvalue weighted by Crippen LogP contribution is 2.41. The highest BCUT2D eigenvalue weighted by molar-refractivity contribution is 5.81. The number of aliphatic hydroxyl groups is 1. The molecule has 0 aliphatic carbocycles. The SMILES string of the molecule is CC(C)=CCCC(C)=CCCC(C)=CCC[C@@](C)(O)CCc1c(C)c(OC(=O)C(C)(C)C)c(C)c(C)c1OC(=O)C(C)(C)C. The van der Waals surface area contributed by atoms with E-state index in [-0.39, 0.29) is 11.9 Å². The Morgan fingerprint density at radius 2 is 1.07 bits per heavy atom. The van der Waals surface area contributed by atoms with Crippen LogP contribution in [-0.4, -0.2) is 22.6 Å². The Balaban J connectivity index is 3.10. The molecule has 0 fully saturated rings. The summed E-state index contributed by atoms with van der Waals surface area (Å²) >= 11 is 0. The fraction of sp³-hybridized carbons (Fsp3) is 0.641. The molecule has 0 saturated carbocycles. The fourth-order valence-electron chi connectivity index (χ4n) is 4.73. The average Bonchev–Trinajstić information content (AvgIpc) is 2.87. The molecular weight excluding hydrogens is 548 g/mol. The smallest absolute Gasteiger partial charge is 0.316 e. The zero-order valence-electron chi connectivity index (χ0n) is 30.5. The van der Waals surface area contributed by atoms with Gasteiger partial charge in [-0.3, -0.25) is 9.59 Å². The topological polar surface area (TPSA) is 72.8 Å². The van der Waals surface area contributed by atoms with E-state index in [0.717, 1.165) is 54.4 Å². The first-order chi connectivity index (χ1) is 20.1. The van der Waals surface area contributed by atoms with Crippen LogP contribution in [0.4, 0.5) is 0 Å². The number of hydrogen-bond acceptors (Lipinski definition) is 5. The van der Waals surface area contributed by atoms with Gasteiger partial charge in [-0.15, -0.1) is 0 Å². The number of carbonyl (C=O) groups excluding carboxylic acids is 2. The predicted molar refractivity (Wildman–Crippen MR) is 184 cm³/mol. The average molecular weight is 611 g/mol. The fourth-order valence-corrected chi connectivity index (χ4v) is 4.73. The maximum Gasteiger partial charge on any atom is 0.316 e. The third-order valence-corrected chi connectivity index (χ3v) is 8.14. The molecule has 248 valence electrons. The number of rotatable bonds is 14. The molecule has 0 unspecified atom stereocenters. The summed E-state index contributed by atoms with van der Waals surface area (Å²) in [4.78, 5) is 25.8. The summed E-state index contributed by atoms with van der Waals surface area (Å²) in [7, 11) is 0. The van der Waals surface area contributed by atoms with Gasteiger partial charge in [0, 0.05) is 5.56 Å². The van der Waals surface area contributed by atoms with Crippen LogP contribution in [0, 0.1) is 31.6 Å². The van der Waals surface area contributed by atoms with Crippen molar-refractivity contribution in [2.75, 3.05) is 0 Å². The summed E-state index contributed by atoms with van der Waals surface area (Å²) < 4.78 is 11.9. The van der Waals surface area contributed by atoms with Crippen molar-refractivity contribution in [3.05, 3.63) is 57.2 Å². The quantitative estimate of drug-likeness (QED) is 0.129. The van der Waals surface area contributed by atoms with Gasteiger partial charge in [-0.2, -0.15) is 0 Å². The summed E-state index contributed by atoms with van der Waals surface area (Å²) in [5.74, 6) is 0.362. The second-order valence-corrected chi connectivity index (χ2v) is 15.3. The Hall–Kier alpha value is -2.66. The molecular formula is C39H62O5. The lowest BCUT2D eigenvalue weighted by atomic mass is 9.88. The number of esters is 2. The monoisotopic (exact) mass is 610 g/mol. The molecule has 5 heteroatoms.